The van der Waals surface area contributed by atoms with Gasteiger partial charge in [-0.1, -0.05) is 36.4 Å². The summed E-state index contributed by atoms with van der Waals surface area (Å²) >= 11 is 0. The van der Waals surface area contributed by atoms with Gasteiger partial charge in [0.15, 0.2) is 0 Å². The molecule has 0 aliphatic carbocycles. The Morgan fingerprint density at radius 2 is 1.88 bits per heavy atom. The van der Waals surface area contributed by atoms with Gasteiger partial charge in [0.25, 0.3) is 5.91 Å². The lowest BCUT2D eigenvalue weighted by molar-refractivity contribution is -0.137. The lowest BCUT2D eigenvalue weighted by atomic mass is 10.1. The third-order valence-corrected chi connectivity index (χ3v) is 3.36. The van der Waals surface area contributed by atoms with Gasteiger partial charge in [0.05, 0.1) is 6.61 Å². The molecule has 0 aliphatic rings. The van der Waals surface area contributed by atoms with Crippen LogP contribution in [0.3, 0.4) is 0 Å². The van der Waals surface area contributed by atoms with Gasteiger partial charge < -0.3 is 10.1 Å². The fraction of sp³-hybridized carbons (Fsp3) is 0.200. The van der Waals surface area contributed by atoms with E-state index in [1.807, 2.05) is 42.5 Å². The number of nitrogens with one attached hydrogen (secondary N) is 1. The molecule has 0 aromatic heterocycles. The first-order valence-electron chi connectivity index (χ1n) is 7.97. The Balaban J connectivity index is 1.89. The van der Waals surface area contributed by atoms with Crippen LogP contribution >= 0.6 is 0 Å². The van der Waals surface area contributed by atoms with Crippen LogP contribution in [0.1, 0.15) is 29.3 Å². The summed E-state index contributed by atoms with van der Waals surface area (Å²) in [5.74, 6) is -0.448. The van der Waals surface area contributed by atoms with Crippen LogP contribution in [0, 0.1) is 0 Å². The molecule has 4 nitrogen and oxygen atoms in total. The highest BCUT2D eigenvalue weighted by Gasteiger charge is 2.05. The number of carbonyl (C=O) groups is 2. The summed E-state index contributed by atoms with van der Waals surface area (Å²) in [6.07, 6.45) is 4.76. The van der Waals surface area contributed by atoms with Gasteiger partial charge in [0, 0.05) is 17.3 Å². The van der Waals surface area contributed by atoms with Crippen LogP contribution in [0.25, 0.3) is 0 Å². The number of carbonyl (C=O) groups excluding carboxylic acids is 2. The van der Waals surface area contributed by atoms with E-state index < -0.39 is 0 Å². The molecular weight excluding hydrogens is 302 g/mol. The number of anilines is 1. The SMILES string of the molecule is CCOC(=O)C=CCCc1cccc(NC(=O)c2ccccc2)c1. The number of aryl methyl sites for hydroxylation is 1. The Morgan fingerprint density at radius 1 is 1.08 bits per heavy atom. The lowest BCUT2D eigenvalue weighted by Crippen LogP contribution is -2.11. The van der Waals surface area contributed by atoms with Crippen molar-refractivity contribution in [2.45, 2.75) is 19.8 Å². The highest BCUT2D eigenvalue weighted by Crippen LogP contribution is 2.14. The molecule has 24 heavy (non-hydrogen) atoms. The first-order chi connectivity index (χ1) is 11.7. The summed E-state index contributed by atoms with van der Waals surface area (Å²) in [5, 5.41) is 2.89. The Kier molecular flexibility index (Phi) is 6.77. The van der Waals surface area contributed by atoms with Crippen LogP contribution in [-0.4, -0.2) is 18.5 Å². The molecule has 124 valence electrons. The highest BCUT2D eigenvalue weighted by atomic mass is 16.5. The van der Waals surface area contributed by atoms with E-state index >= 15 is 0 Å². The lowest BCUT2D eigenvalue weighted by Gasteiger charge is -2.07. The van der Waals surface area contributed by atoms with Gasteiger partial charge >= 0.3 is 5.97 Å². The summed E-state index contributed by atoms with van der Waals surface area (Å²) in [4.78, 5) is 23.4. The van der Waals surface area contributed by atoms with Crippen LogP contribution in [0.4, 0.5) is 5.69 Å². The Bertz CT molecular complexity index is 708. The van der Waals surface area contributed by atoms with Crippen LogP contribution in [0.5, 0.6) is 0 Å². The van der Waals surface area contributed by atoms with Gasteiger partial charge in [0.1, 0.15) is 0 Å². The Labute approximate surface area is 142 Å². The molecule has 0 atom stereocenters. The predicted molar refractivity (Wildman–Crippen MR) is 94.9 cm³/mol. The highest BCUT2D eigenvalue weighted by molar-refractivity contribution is 6.04. The van der Waals surface area contributed by atoms with E-state index in [4.69, 9.17) is 4.74 Å². The monoisotopic (exact) mass is 323 g/mol. The number of hydrogen-bond donors (Lipinski definition) is 1. The van der Waals surface area contributed by atoms with E-state index in [-0.39, 0.29) is 11.9 Å². The van der Waals surface area contributed by atoms with Crippen molar-refractivity contribution in [3.05, 3.63) is 77.9 Å². The summed E-state index contributed by atoms with van der Waals surface area (Å²) in [5.41, 5.74) is 2.48. The second-order valence-electron chi connectivity index (χ2n) is 5.21. The maximum atomic E-state index is 12.1. The number of esters is 1. The van der Waals surface area contributed by atoms with Crippen molar-refractivity contribution in [3.8, 4) is 0 Å². The standard InChI is InChI=1S/C20H21NO3/c1-2-24-19(22)14-7-6-9-16-10-8-13-18(15-16)21-20(23)17-11-4-3-5-12-17/h3-5,7-8,10-15H,2,6,9H2,1H3,(H,21,23). The molecule has 0 aliphatic heterocycles. The van der Waals surface area contributed by atoms with Gasteiger partial charge in [-0.05, 0) is 49.6 Å². The number of allylic oxidation sites excluding steroid dienone is 1. The summed E-state index contributed by atoms with van der Waals surface area (Å²) in [7, 11) is 0. The third kappa shape index (κ3) is 5.72. The second kappa shape index (κ2) is 9.30. The van der Waals surface area contributed by atoms with E-state index in [2.05, 4.69) is 5.32 Å². The van der Waals surface area contributed by atoms with Crippen molar-refractivity contribution in [1.29, 1.82) is 0 Å². The van der Waals surface area contributed by atoms with E-state index in [9.17, 15) is 9.59 Å². The summed E-state index contributed by atoms with van der Waals surface area (Å²) in [6.45, 7) is 2.16. The minimum absolute atomic E-state index is 0.130. The first kappa shape index (κ1) is 17.5. The molecule has 0 saturated carbocycles. The molecule has 0 spiro atoms. The van der Waals surface area contributed by atoms with Crippen molar-refractivity contribution in [1.82, 2.24) is 0 Å². The van der Waals surface area contributed by atoms with Crippen LogP contribution in [0.15, 0.2) is 66.7 Å². The zero-order chi connectivity index (χ0) is 17.2. The van der Waals surface area contributed by atoms with E-state index in [0.717, 1.165) is 24.1 Å². The maximum absolute atomic E-state index is 12.1. The van der Waals surface area contributed by atoms with Crippen molar-refractivity contribution < 1.29 is 14.3 Å². The summed E-state index contributed by atoms with van der Waals surface area (Å²) in [6, 6.07) is 16.8. The molecule has 0 heterocycles. The van der Waals surface area contributed by atoms with Crippen molar-refractivity contribution in [3.63, 3.8) is 0 Å². The average molecular weight is 323 g/mol. The minimum Gasteiger partial charge on any atom is -0.463 e. The van der Waals surface area contributed by atoms with Gasteiger partial charge in [0.2, 0.25) is 0 Å². The molecule has 2 aromatic rings. The molecule has 0 bridgehead atoms. The quantitative estimate of drug-likeness (QED) is 0.619. The third-order valence-electron chi connectivity index (χ3n) is 3.36. The smallest absolute Gasteiger partial charge is 0.330 e. The second-order valence-corrected chi connectivity index (χ2v) is 5.21. The van der Waals surface area contributed by atoms with Crippen molar-refractivity contribution in [2.24, 2.45) is 0 Å². The number of hydrogen-bond acceptors (Lipinski definition) is 3. The largest absolute Gasteiger partial charge is 0.463 e. The maximum Gasteiger partial charge on any atom is 0.330 e. The van der Waals surface area contributed by atoms with Gasteiger partial charge in [-0.2, -0.15) is 0 Å². The molecule has 0 unspecified atom stereocenters. The molecule has 0 radical (unpaired) electrons. The molecule has 0 saturated heterocycles. The predicted octanol–water partition coefficient (Wildman–Crippen LogP) is 3.99. The average Bonchev–Trinajstić information content (AvgIpc) is 2.60. The van der Waals surface area contributed by atoms with Gasteiger partial charge in [-0.15, -0.1) is 0 Å². The van der Waals surface area contributed by atoms with Gasteiger partial charge in [-0.3, -0.25) is 4.79 Å². The fourth-order valence-electron chi connectivity index (χ4n) is 2.22. The molecule has 1 N–H and O–H groups in total. The van der Waals surface area contributed by atoms with Crippen LogP contribution in [0.2, 0.25) is 0 Å². The number of ether oxygens (including phenoxy) is 1. The first-order valence-corrected chi connectivity index (χ1v) is 7.97. The van der Waals surface area contributed by atoms with E-state index in [1.54, 1.807) is 25.1 Å². The van der Waals surface area contributed by atoms with Crippen LogP contribution in [-0.2, 0) is 16.0 Å². The topological polar surface area (TPSA) is 55.4 Å². The van der Waals surface area contributed by atoms with E-state index in [0.29, 0.717) is 12.2 Å². The van der Waals surface area contributed by atoms with Crippen molar-refractivity contribution >= 4 is 17.6 Å². The zero-order valence-corrected chi connectivity index (χ0v) is 13.7. The fourth-order valence-corrected chi connectivity index (χ4v) is 2.22. The molecule has 2 aromatic carbocycles. The molecule has 1 amide bonds. The molecule has 0 fully saturated rings. The van der Waals surface area contributed by atoms with E-state index in [1.165, 1.54) is 6.08 Å². The minimum atomic E-state index is -0.318. The molecular formula is C20H21NO3. The Hall–Kier alpha value is -2.88. The van der Waals surface area contributed by atoms with Crippen molar-refractivity contribution in [2.75, 3.05) is 11.9 Å². The number of benzene rings is 2. The number of rotatable bonds is 7. The van der Waals surface area contributed by atoms with Gasteiger partial charge in [-0.25, -0.2) is 4.79 Å². The zero-order valence-electron chi connectivity index (χ0n) is 13.7. The molecule has 4 heteroatoms. The Morgan fingerprint density at radius 3 is 2.62 bits per heavy atom. The number of amides is 1. The summed E-state index contributed by atoms with van der Waals surface area (Å²) < 4.78 is 4.83. The van der Waals surface area contributed by atoms with Crippen LogP contribution < -0.4 is 5.32 Å². The molecule has 2 rings (SSSR count). The normalized spacial score (nSPS) is 10.5.